The van der Waals surface area contributed by atoms with E-state index in [1.54, 1.807) is 24.3 Å². The van der Waals surface area contributed by atoms with Crippen molar-refractivity contribution in [2.24, 2.45) is 0 Å². The zero-order valence-electron chi connectivity index (χ0n) is 10.2. The first-order valence-corrected chi connectivity index (χ1v) is 6.21. The third-order valence-corrected chi connectivity index (χ3v) is 3.40. The molecule has 2 saturated heterocycles. The SMILES string of the molecule is Oc1ccccc1[C@@H]1OC[C@H]2OC(O)C[C@@H](O)[C@@H]2O1. The van der Waals surface area contributed by atoms with Crippen LogP contribution >= 0.6 is 0 Å². The Balaban J connectivity index is 1.77. The van der Waals surface area contributed by atoms with Crippen LogP contribution in [-0.4, -0.2) is 46.5 Å². The minimum atomic E-state index is -0.995. The predicted molar refractivity (Wildman–Crippen MR) is 63.2 cm³/mol. The van der Waals surface area contributed by atoms with Gasteiger partial charge < -0.3 is 29.5 Å². The first-order valence-electron chi connectivity index (χ1n) is 6.21. The molecular weight excluding hydrogens is 252 g/mol. The van der Waals surface area contributed by atoms with Gasteiger partial charge in [-0.3, -0.25) is 0 Å². The third kappa shape index (κ3) is 2.45. The molecule has 2 aliphatic heterocycles. The first-order chi connectivity index (χ1) is 9.15. The number of aromatic hydroxyl groups is 1. The molecule has 6 nitrogen and oxygen atoms in total. The van der Waals surface area contributed by atoms with Gasteiger partial charge in [-0.2, -0.15) is 0 Å². The van der Waals surface area contributed by atoms with Crippen LogP contribution in [-0.2, 0) is 14.2 Å². The summed E-state index contributed by atoms with van der Waals surface area (Å²) in [5.41, 5.74) is 0.513. The number of para-hydroxylation sites is 1. The number of aliphatic hydroxyl groups excluding tert-OH is 2. The maximum absolute atomic E-state index is 9.93. The van der Waals surface area contributed by atoms with Gasteiger partial charge in [0, 0.05) is 12.0 Å². The van der Waals surface area contributed by atoms with Crippen molar-refractivity contribution in [3.05, 3.63) is 29.8 Å². The van der Waals surface area contributed by atoms with Crippen LogP contribution < -0.4 is 0 Å². The number of phenols is 1. The second-order valence-electron chi connectivity index (χ2n) is 4.76. The van der Waals surface area contributed by atoms with E-state index in [1.807, 2.05) is 0 Å². The van der Waals surface area contributed by atoms with Gasteiger partial charge >= 0.3 is 0 Å². The van der Waals surface area contributed by atoms with E-state index in [0.29, 0.717) is 5.56 Å². The van der Waals surface area contributed by atoms with Crippen LogP contribution in [0.4, 0.5) is 0 Å². The Kier molecular flexibility index (Phi) is 3.42. The summed E-state index contributed by atoms with van der Waals surface area (Å²) in [5, 5.41) is 29.1. The Morgan fingerprint density at radius 2 is 1.89 bits per heavy atom. The number of aliphatic hydroxyl groups is 2. The highest BCUT2D eigenvalue weighted by Gasteiger charge is 2.43. The van der Waals surface area contributed by atoms with Crippen LogP contribution in [0.15, 0.2) is 24.3 Å². The van der Waals surface area contributed by atoms with Gasteiger partial charge in [0.25, 0.3) is 0 Å². The normalized spacial score (nSPS) is 38.7. The molecule has 0 radical (unpaired) electrons. The minimum absolute atomic E-state index is 0.0807. The van der Waals surface area contributed by atoms with Gasteiger partial charge in [0.15, 0.2) is 12.6 Å². The summed E-state index contributed by atoms with van der Waals surface area (Å²) in [6.07, 6.45) is -3.51. The molecule has 1 aromatic carbocycles. The quantitative estimate of drug-likeness (QED) is 0.678. The Bertz CT molecular complexity index is 451. The summed E-state index contributed by atoms with van der Waals surface area (Å²) in [6, 6.07) is 6.72. The molecule has 104 valence electrons. The standard InChI is InChI=1S/C13H16O6/c14-8-4-2-1-3-7(8)13-17-6-10-12(19-13)9(15)5-11(16)18-10/h1-4,9-16H,5-6H2/t9-,10-,11?,12+,13-/m1/s1. The number of phenolic OH excluding ortho intramolecular Hbond substituents is 1. The molecule has 19 heavy (non-hydrogen) atoms. The van der Waals surface area contributed by atoms with Crippen molar-refractivity contribution in [1.29, 1.82) is 0 Å². The van der Waals surface area contributed by atoms with E-state index >= 15 is 0 Å². The van der Waals surface area contributed by atoms with Crippen molar-refractivity contribution in [3.63, 3.8) is 0 Å². The van der Waals surface area contributed by atoms with Crippen molar-refractivity contribution >= 4 is 0 Å². The molecule has 0 amide bonds. The lowest BCUT2D eigenvalue weighted by molar-refractivity contribution is -0.331. The zero-order valence-corrected chi connectivity index (χ0v) is 10.2. The Morgan fingerprint density at radius 1 is 1.11 bits per heavy atom. The van der Waals surface area contributed by atoms with Crippen LogP contribution in [0.25, 0.3) is 0 Å². The molecule has 3 rings (SSSR count). The Labute approximate surface area is 110 Å². The van der Waals surface area contributed by atoms with E-state index in [-0.39, 0.29) is 18.8 Å². The maximum Gasteiger partial charge on any atom is 0.188 e. The van der Waals surface area contributed by atoms with Gasteiger partial charge in [-0.15, -0.1) is 0 Å². The second kappa shape index (κ2) is 5.07. The summed E-state index contributed by atoms with van der Waals surface area (Å²) < 4.78 is 16.4. The van der Waals surface area contributed by atoms with Crippen LogP contribution in [0, 0.1) is 0 Å². The average Bonchev–Trinajstić information content (AvgIpc) is 2.39. The predicted octanol–water partition coefficient (Wildman–Crippen LogP) is 0.274. The summed E-state index contributed by atoms with van der Waals surface area (Å²) >= 11 is 0. The fourth-order valence-electron chi connectivity index (χ4n) is 2.45. The first kappa shape index (κ1) is 12.8. The largest absolute Gasteiger partial charge is 0.507 e. The Morgan fingerprint density at radius 3 is 2.68 bits per heavy atom. The summed E-state index contributed by atoms with van der Waals surface area (Å²) in [5.74, 6) is 0.0807. The van der Waals surface area contributed by atoms with Crippen LogP contribution in [0.2, 0.25) is 0 Å². The molecule has 0 bridgehead atoms. The highest BCUT2D eigenvalue weighted by atomic mass is 16.7. The average molecular weight is 268 g/mol. The van der Waals surface area contributed by atoms with Crippen molar-refractivity contribution in [1.82, 2.24) is 0 Å². The molecule has 1 aromatic rings. The van der Waals surface area contributed by atoms with Crippen LogP contribution in [0.1, 0.15) is 18.3 Å². The van der Waals surface area contributed by atoms with Crippen molar-refractivity contribution in [2.45, 2.75) is 37.3 Å². The Hall–Kier alpha value is -1.18. The topological polar surface area (TPSA) is 88.4 Å². The summed E-state index contributed by atoms with van der Waals surface area (Å²) in [4.78, 5) is 0. The van der Waals surface area contributed by atoms with E-state index in [1.165, 1.54) is 0 Å². The number of fused-ring (bicyclic) bond motifs is 1. The van der Waals surface area contributed by atoms with Crippen LogP contribution in [0.3, 0.4) is 0 Å². The molecule has 1 unspecified atom stereocenters. The van der Waals surface area contributed by atoms with E-state index in [2.05, 4.69) is 0 Å². The van der Waals surface area contributed by atoms with Gasteiger partial charge in [-0.1, -0.05) is 18.2 Å². The minimum Gasteiger partial charge on any atom is -0.507 e. The molecule has 5 atom stereocenters. The molecule has 0 saturated carbocycles. The van der Waals surface area contributed by atoms with E-state index in [0.717, 1.165) is 0 Å². The number of benzene rings is 1. The molecule has 6 heteroatoms. The lowest BCUT2D eigenvalue weighted by Crippen LogP contribution is -2.54. The summed E-state index contributed by atoms with van der Waals surface area (Å²) in [7, 11) is 0. The second-order valence-corrected chi connectivity index (χ2v) is 4.76. The van der Waals surface area contributed by atoms with Gasteiger partial charge in [0.1, 0.15) is 18.0 Å². The van der Waals surface area contributed by atoms with E-state index in [4.69, 9.17) is 14.2 Å². The van der Waals surface area contributed by atoms with Crippen molar-refractivity contribution in [3.8, 4) is 5.75 Å². The van der Waals surface area contributed by atoms with Gasteiger partial charge in [0.05, 0.1) is 12.7 Å². The van der Waals surface area contributed by atoms with Gasteiger partial charge in [-0.05, 0) is 6.07 Å². The molecule has 0 spiro atoms. The molecule has 2 aliphatic rings. The van der Waals surface area contributed by atoms with Gasteiger partial charge in [-0.25, -0.2) is 0 Å². The highest BCUT2D eigenvalue weighted by molar-refractivity contribution is 5.33. The fourth-order valence-corrected chi connectivity index (χ4v) is 2.45. The number of ether oxygens (including phenoxy) is 3. The lowest BCUT2D eigenvalue weighted by Gasteiger charge is -2.43. The molecule has 2 fully saturated rings. The maximum atomic E-state index is 9.93. The molecule has 0 aliphatic carbocycles. The van der Waals surface area contributed by atoms with Crippen molar-refractivity contribution < 1.29 is 29.5 Å². The van der Waals surface area contributed by atoms with E-state index < -0.39 is 30.9 Å². The zero-order chi connectivity index (χ0) is 13.4. The monoisotopic (exact) mass is 268 g/mol. The van der Waals surface area contributed by atoms with Crippen molar-refractivity contribution in [2.75, 3.05) is 6.61 Å². The molecule has 2 heterocycles. The number of hydrogen-bond acceptors (Lipinski definition) is 6. The van der Waals surface area contributed by atoms with Gasteiger partial charge in [0.2, 0.25) is 0 Å². The number of rotatable bonds is 1. The molecule has 0 aromatic heterocycles. The summed E-state index contributed by atoms with van der Waals surface area (Å²) in [6.45, 7) is 0.192. The van der Waals surface area contributed by atoms with Crippen LogP contribution in [0.5, 0.6) is 5.75 Å². The highest BCUT2D eigenvalue weighted by Crippen LogP contribution is 2.36. The molecular formula is C13H16O6. The van der Waals surface area contributed by atoms with E-state index in [9.17, 15) is 15.3 Å². The fraction of sp³-hybridized carbons (Fsp3) is 0.538. The number of hydrogen-bond donors (Lipinski definition) is 3. The lowest BCUT2D eigenvalue weighted by atomic mass is 10.0. The third-order valence-electron chi connectivity index (χ3n) is 3.40. The smallest absolute Gasteiger partial charge is 0.188 e. The molecule has 3 N–H and O–H groups in total.